The first-order valence-corrected chi connectivity index (χ1v) is 4.89. The number of nitrogen functional groups attached to an aromatic ring is 1. The summed E-state index contributed by atoms with van der Waals surface area (Å²) in [6.45, 7) is 0. The molecule has 3 N–H and O–H groups in total. The second kappa shape index (κ2) is 4.30. The minimum atomic E-state index is -0.563. The van der Waals surface area contributed by atoms with E-state index < -0.39 is 11.6 Å². The van der Waals surface area contributed by atoms with Crippen molar-refractivity contribution >= 4 is 5.82 Å². The molecule has 5 heteroatoms. The summed E-state index contributed by atoms with van der Waals surface area (Å²) in [6, 6.07) is 5.28. The van der Waals surface area contributed by atoms with Crippen molar-refractivity contribution in [3.8, 4) is 0 Å². The van der Waals surface area contributed by atoms with Crippen LogP contribution in [0.2, 0.25) is 0 Å². The molecular weight excluding hydrogens is 212 g/mol. The Kier molecular flexibility index (Phi) is 2.85. The molecule has 0 radical (unpaired) electrons. The number of H-pyrrole nitrogens is 1. The lowest BCUT2D eigenvalue weighted by atomic mass is 10.1. The summed E-state index contributed by atoms with van der Waals surface area (Å²) in [7, 11) is 0. The molecule has 84 valence electrons. The van der Waals surface area contributed by atoms with Gasteiger partial charge < -0.3 is 5.73 Å². The molecule has 0 aliphatic rings. The van der Waals surface area contributed by atoms with E-state index in [9.17, 15) is 8.78 Å². The zero-order chi connectivity index (χ0) is 11.5. The molecule has 0 spiro atoms. The Hall–Kier alpha value is -1.91. The van der Waals surface area contributed by atoms with E-state index in [0.29, 0.717) is 24.2 Å². The molecule has 0 saturated heterocycles. The van der Waals surface area contributed by atoms with Gasteiger partial charge in [-0.3, -0.25) is 5.10 Å². The minimum Gasteiger partial charge on any atom is -0.382 e. The summed E-state index contributed by atoms with van der Waals surface area (Å²) in [5.74, 6) is -0.672. The maximum atomic E-state index is 13.3. The maximum Gasteiger partial charge on any atom is 0.145 e. The molecule has 0 atom stereocenters. The third kappa shape index (κ3) is 2.36. The number of aromatic nitrogens is 2. The summed E-state index contributed by atoms with van der Waals surface area (Å²) in [6.07, 6.45) is 1.07. The molecule has 1 aromatic carbocycles. The third-order valence-electron chi connectivity index (χ3n) is 2.33. The number of nitrogens with two attached hydrogens (primary N) is 1. The van der Waals surface area contributed by atoms with E-state index in [1.165, 1.54) is 12.1 Å². The Morgan fingerprint density at radius 3 is 2.62 bits per heavy atom. The highest BCUT2D eigenvalue weighted by atomic mass is 19.1. The van der Waals surface area contributed by atoms with Crippen LogP contribution >= 0.6 is 0 Å². The maximum absolute atomic E-state index is 13.3. The van der Waals surface area contributed by atoms with Crippen LogP contribution in [-0.4, -0.2) is 10.2 Å². The van der Waals surface area contributed by atoms with Gasteiger partial charge in [-0.05, 0) is 24.5 Å². The number of benzene rings is 1. The van der Waals surface area contributed by atoms with Gasteiger partial charge in [0.1, 0.15) is 17.5 Å². The Morgan fingerprint density at radius 2 is 2.00 bits per heavy atom. The van der Waals surface area contributed by atoms with Crippen molar-refractivity contribution in [2.75, 3.05) is 5.73 Å². The molecule has 1 aromatic heterocycles. The lowest BCUT2D eigenvalue weighted by Crippen LogP contribution is -1.96. The van der Waals surface area contributed by atoms with E-state index in [0.717, 1.165) is 11.8 Å². The van der Waals surface area contributed by atoms with Crippen molar-refractivity contribution in [2.24, 2.45) is 0 Å². The smallest absolute Gasteiger partial charge is 0.145 e. The molecular formula is C11H11F2N3. The van der Waals surface area contributed by atoms with Crippen molar-refractivity contribution in [1.29, 1.82) is 0 Å². The monoisotopic (exact) mass is 223 g/mol. The van der Waals surface area contributed by atoms with Gasteiger partial charge in [-0.25, -0.2) is 8.78 Å². The van der Waals surface area contributed by atoms with Crippen molar-refractivity contribution in [1.82, 2.24) is 10.2 Å². The van der Waals surface area contributed by atoms with Crippen LogP contribution in [0.15, 0.2) is 24.3 Å². The van der Waals surface area contributed by atoms with Gasteiger partial charge in [-0.1, -0.05) is 6.07 Å². The summed E-state index contributed by atoms with van der Waals surface area (Å²) in [4.78, 5) is 0. The molecule has 0 bridgehead atoms. The Labute approximate surface area is 91.3 Å². The molecule has 0 fully saturated rings. The highest BCUT2D eigenvalue weighted by Gasteiger charge is 2.05. The first kappa shape index (κ1) is 10.6. The zero-order valence-electron chi connectivity index (χ0n) is 8.50. The first-order valence-electron chi connectivity index (χ1n) is 4.89. The molecule has 0 amide bonds. The van der Waals surface area contributed by atoms with E-state index in [-0.39, 0.29) is 0 Å². The molecule has 3 nitrogen and oxygen atoms in total. The van der Waals surface area contributed by atoms with Gasteiger partial charge in [0.25, 0.3) is 0 Å². The second-order valence-electron chi connectivity index (χ2n) is 3.55. The van der Waals surface area contributed by atoms with Crippen LogP contribution in [0.3, 0.4) is 0 Å². The van der Waals surface area contributed by atoms with E-state index in [4.69, 9.17) is 5.73 Å². The first-order chi connectivity index (χ1) is 7.65. The standard InChI is InChI=1S/C11H11F2N3/c12-8-3-1-7(10(13)5-8)2-4-9-6-11(14)16-15-9/h1,3,5-6H,2,4H2,(H3,14,15,16). The van der Waals surface area contributed by atoms with Crippen molar-refractivity contribution in [3.05, 3.63) is 47.2 Å². The van der Waals surface area contributed by atoms with Crippen LogP contribution in [0.25, 0.3) is 0 Å². The number of nitrogens with one attached hydrogen (secondary N) is 1. The molecule has 0 saturated carbocycles. The van der Waals surface area contributed by atoms with E-state index in [2.05, 4.69) is 10.2 Å². The van der Waals surface area contributed by atoms with E-state index >= 15 is 0 Å². The van der Waals surface area contributed by atoms with Crippen LogP contribution in [-0.2, 0) is 12.8 Å². The van der Waals surface area contributed by atoms with Crippen LogP contribution < -0.4 is 5.73 Å². The van der Waals surface area contributed by atoms with Crippen LogP contribution in [0.1, 0.15) is 11.3 Å². The highest BCUT2D eigenvalue weighted by Crippen LogP contribution is 2.12. The van der Waals surface area contributed by atoms with Gasteiger partial charge in [0, 0.05) is 17.8 Å². The van der Waals surface area contributed by atoms with Gasteiger partial charge >= 0.3 is 0 Å². The van der Waals surface area contributed by atoms with Gasteiger partial charge in [-0.15, -0.1) is 0 Å². The van der Waals surface area contributed by atoms with Crippen molar-refractivity contribution in [3.63, 3.8) is 0 Å². The Balaban J connectivity index is 2.04. The summed E-state index contributed by atoms with van der Waals surface area (Å²) in [5, 5.41) is 6.50. The lowest BCUT2D eigenvalue weighted by Gasteiger charge is -2.01. The average Bonchev–Trinajstić information content (AvgIpc) is 2.63. The predicted molar refractivity (Wildman–Crippen MR) is 56.8 cm³/mol. The van der Waals surface area contributed by atoms with Crippen molar-refractivity contribution < 1.29 is 8.78 Å². The Bertz CT molecular complexity index is 494. The highest BCUT2D eigenvalue weighted by molar-refractivity contribution is 5.29. The van der Waals surface area contributed by atoms with Crippen LogP contribution in [0.4, 0.5) is 14.6 Å². The fraction of sp³-hybridized carbons (Fsp3) is 0.182. The van der Waals surface area contributed by atoms with Crippen LogP contribution in [0.5, 0.6) is 0 Å². The third-order valence-corrected chi connectivity index (χ3v) is 2.33. The molecule has 0 aliphatic carbocycles. The molecule has 2 aromatic rings. The van der Waals surface area contributed by atoms with Crippen LogP contribution in [0, 0.1) is 11.6 Å². The predicted octanol–water partition coefficient (Wildman–Crippen LogP) is 2.06. The molecule has 0 unspecified atom stereocenters. The number of anilines is 1. The Morgan fingerprint density at radius 1 is 1.19 bits per heavy atom. The SMILES string of the molecule is Nc1cc(CCc2ccc(F)cc2F)[nH]n1. The second-order valence-corrected chi connectivity index (χ2v) is 3.55. The minimum absolute atomic E-state index is 0.412. The number of aromatic amines is 1. The number of halogens is 2. The summed E-state index contributed by atoms with van der Waals surface area (Å²) >= 11 is 0. The zero-order valence-corrected chi connectivity index (χ0v) is 8.50. The topological polar surface area (TPSA) is 54.7 Å². The molecule has 1 heterocycles. The number of hydrogen-bond donors (Lipinski definition) is 2. The molecule has 2 rings (SSSR count). The fourth-order valence-corrected chi connectivity index (χ4v) is 1.50. The van der Waals surface area contributed by atoms with Gasteiger partial charge in [0.15, 0.2) is 0 Å². The van der Waals surface area contributed by atoms with Gasteiger partial charge in [-0.2, -0.15) is 5.10 Å². The average molecular weight is 223 g/mol. The lowest BCUT2D eigenvalue weighted by molar-refractivity contribution is 0.571. The van der Waals surface area contributed by atoms with Gasteiger partial charge in [0.2, 0.25) is 0 Å². The number of hydrogen-bond acceptors (Lipinski definition) is 2. The summed E-state index contributed by atoms with van der Waals surface area (Å²) < 4.78 is 25.9. The van der Waals surface area contributed by atoms with E-state index in [1.54, 1.807) is 6.07 Å². The molecule has 16 heavy (non-hydrogen) atoms. The normalized spacial score (nSPS) is 10.6. The quantitative estimate of drug-likeness (QED) is 0.836. The summed E-state index contributed by atoms with van der Waals surface area (Å²) in [5.41, 5.74) is 6.75. The number of rotatable bonds is 3. The number of nitrogens with zero attached hydrogens (tertiary/aromatic N) is 1. The largest absolute Gasteiger partial charge is 0.382 e. The van der Waals surface area contributed by atoms with E-state index in [1.807, 2.05) is 0 Å². The molecule has 0 aliphatic heterocycles. The van der Waals surface area contributed by atoms with Crippen molar-refractivity contribution in [2.45, 2.75) is 12.8 Å². The number of aryl methyl sites for hydroxylation is 2. The fourth-order valence-electron chi connectivity index (χ4n) is 1.50. The van der Waals surface area contributed by atoms with Gasteiger partial charge in [0.05, 0.1) is 0 Å².